The standard InChI is InChI=1S/C21H29FN4O.HI/c1-23-21(24-11-10-17-6-4-8-19(22)14-17)25-16-18-7-5-9-20(15-18)27-13-12-26(2)3;/h4-9,14-15H,10-13,16H2,1-3H3,(H2,23,24,25);1H. The fourth-order valence-corrected chi connectivity index (χ4v) is 2.52. The highest BCUT2D eigenvalue weighted by atomic mass is 127. The van der Waals surface area contributed by atoms with Gasteiger partial charge in [-0.25, -0.2) is 4.39 Å². The summed E-state index contributed by atoms with van der Waals surface area (Å²) in [6.07, 6.45) is 0.730. The fourth-order valence-electron chi connectivity index (χ4n) is 2.52. The van der Waals surface area contributed by atoms with Crippen LogP contribution in [0.3, 0.4) is 0 Å². The lowest BCUT2D eigenvalue weighted by Gasteiger charge is -2.14. The monoisotopic (exact) mass is 500 g/mol. The lowest BCUT2D eigenvalue weighted by Crippen LogP contribution is -2.37. The van der Waals surface area contributed by atoms with Crippen molar-refractivity contribution in [2.45, 2.75) is 13.0 Å². The van der Waals surface area contributed by atoms with Crippen LogP contribution in [-0.2, 0) is 13.0 Å². The second-order valence-electron chi connectivity index (χ2n) is 6.53. The zero-order valence-corrected chi connectivity index (χ0v) is 19.1. The van der Waals surface area contributed by atoms with Crippen LogP contribution < -0.4 is 15.4 Å². The third kappa shape index (κ3) is 9.36. The van der Waals surface area contributed by atoms with Gasteiger partial charge in [0, 0.05) is 26.7 Å². The summed E-state index contributed by atoms with van der Waals surface area (Å²) in [6, 6.07) is 14.7. The Balaban J connectivity index is 0.00000392. The van der Waals surface area contributed by atoms with Crippen LogP contribution >= 0.6 is 24.0 Å². The molecule has 2 aromatic rings. The number of hydrogen-bond acceptors (Lipinski definition) is 3. The molecule has 0 saturated heterocycles. The quantitative estimate of drug-likeness (QED) is 0.315. The second-order valence-corrected chi connectivity index (χ2v) is 6.53. The number of rotatable bonds is 9. The summed E-state index contributed by atoms with van der Waals surface area (Å²) in [7, 11) is 5.78. The molecule has 154 valence electrons. The second kappa shape index (κ2) is 13.3. The molecule has 28 heavy (non-hydrogen) atoms. The predicted octanol–water partition coefficient (Wildman–Crippen LogP) is 3.29. The maximum atomic E-state index is 13.2. The smallest absolute Gasteiger partial charge is 0.191 e. The molecule has 0 heterocycles. The molecule has 5 nitrogen and oxygen atoms in total. The van der Waals surface area contributed by atoms with Crippen molar-refractivity contribution in [2.24, 2.45) is 4.99 Å². The maximum absolute atomic E-state index is 13.2. The molecule has 0 aromatic heterocycles. The van der Waals surface area contributed by atoms with Crippen LogP contribution in [0.25, 0.3) is 0 Å². The van der Waals surface area contributed by atoms with E-state index in [4.69, 9.17) is 4.74 Å². The van der Waals surface area contributed by atoms with E-state index in [0.29, 0.717) is 25.7 Å². The first-order chi connectivity index (χ1) is 13.1. The van der Waals surface area contributed by atoms with E-state index in [-0.39, 0.29) is 29.8 Å². The Hall–Kier alpha value is -1.87. The van der Waals surface area contributed by atoms with Gasteiger partial charge in [0.1, 0.15) is 18.2 Å². The van der Waals surface area contributed by atoms with E-state index in [0.717, 1.165) is 29.8 Å². The molecule has 7 heteroatoms. The maximum Gasteiger partial charge on any atom is 0.191 e. The Morgan fingerprint density at radius 1 is 1.07 bits per heavy atom. The van der Waals surface area contributed by atoms with E-state index in [1.54, 1.807) is 19.2 Å². The molecule has 0 saturated carbocycles. The number of ether oxygens (including phenoxy) is 1. The van der Waals surface area contributed by atoms with Gasteiger partial charge in [-0.1, -0.05) is 24.3 Å². The van der Waals surface area contributed by atoms with Gasteiger partial charge in [-0.05, 0) is 55.9 Å². The summed E-state index contributed by atoms with van der Waals surface area (Å²) >= 11 is 0. The van der Waals surface area contributed by atoms with Gasteiger partial charge in [0.15, 0.2) is 5.96 Å². The molecule has 2 N–H and O–H groups in total. The van der Waals surface area contributed by atoms with E-state index < -0.39 is 0 Å². The van der Waals surface area contributed by atoms with Gasteiger partial charge >= 0.3 is 0 Å². The summed E-state index contributed by atoms with van der Waals surface area (Å²) in [4.78, 5) is 6.32. The van der Waals surface area contributed by atoms with Gasteiger partial charge in [0.05, 0.1) is 0 Å². The number of guanidine groups is 1. The van der Waals surface area contributed by atoms with Gasteiger partial charge < -0.3 is 20.3 Å². The third-order valence-electron chi connectivity index (χ3n) is 3.98. The average Bonchev–Trinajstić information content (AvgIpc) is 2.64. The Morgan fingerprint density at radius 3 is 2.54 bits per heavy atom. The molecule has 0 spiro atoms. The van der Waals surface area contributed by atoms with Crippen LogP contribution in [0.1, 0.15) is 11.1 Å². The van der Waals surface area contributed by atoms with Gasteiger partial charge in [-0.15, -0.1) is 24.0 Å². The lowest BCUT2D eigenvalue weighted by molar-refractivity contribution is 0.261. The molecule has 0 unspecified atom stereocenters. The minimum atomic E-state index is -0.206. The summed E-state index contributed by atoms with van der Waals surface area (Å²) in [5.41, 5.74) is 2.07. The van der Waals surface area contributed by atoms with Gasteiger partial charge in [-0.2, -0.15) is 0 Å². The van der Waals surface area contributed by atoms with Crippen molar-refractivity contribution in [1.29, 1.82) is 0 Å². The van der Waals surface area contributed by atoms with Crippen molar-refractivity contribution in [3.8, 4) is 5.75 Å². The molecule has 0 aliphatic heterocycles. The Labute approximate surface area is 184 Å². The molecule has 0 aliphatic rings. The zero-order chi connectivity index (χ0) is 19.5. The Morgan fingerprint density at radius 2 is 1.82 bits per heavy atom. The number of hydrogen-bond donors (Lipinski definition) is 2. The zero-order valence-electron chi connectivity index (χ0n) is 16.7. The van der Waals surface area contributed by atoms with Crippen LogP contribution in [0, 0.1) is 5.82 Å². The number of likely N-dealkylation sites (N-methyl/N-ethyl adjacent to an activating group) is 1. The first-order valence-corrected chi connectivity index (χ1v) is 9.12. The number of benzene rings is 2. The molecule has 0 amide bonds. The molecule has 0 bridgehead atoms. The van der Waals surface area contributed by atoms with E-state index in [2.05, 4.69) is 20.5 Å². The summed E-state index contributed by atoms with van der Waals surface area (Å²) in [6.45, 7) is 2.86. The number of nitrogens with zero attached hydrogens (tertiary/aromatic N) is 2. The first-order valence-electron chi connectivity index (χ1n) is 9.12. The highest BCUT2D eigenvalue weighted by Gasteiger charge is 2.02. The molecule has 0 aliphatic carbocycles. The molecular weight excluding hydrogens is 470 g/mol. The van der Waals surface area contributed by atoms with Crippen LogP contribution in [-0.4, -0.2) is 51.7 Å². The van der Waals surface area contributed by atoms with Crippen LogP contribution in [0.2, 0.25) is 0 Å². The van der Waals surface area contributed by atoms with Crippen LogP contribution in [0.5, 0.6) is 5.75 Å². The summed E-state index contributed by atoms with van der Waals surface area (Å²) < 4.78 is 19.0. The van der Waals surface area contributed by atoms with Crippen LogP contribution in [0.15, 0.2) is 53.5 Å². The SMILES string of the molecule is CN=C(NCCc1cccc(F)c1)NCc1cccc(OCCN(C)C)c1.I. The van der Waals surface area contributed by atoms with Crippen molar-refractivity contribution in [1.82, 2.24) is 15.5 Å². The molecular formula is C21H30FIN4O. The Bertz CT molecular complexity index is 740. The minimum absolute atomic E-state index is 0. The Kier molecular flexibility index (Phi) is 11.5. The summed E-state index contributed by atoms with van der Waals surface area (Å²) in [5.74, 6) is 1.37. The number of halogens is 2. The lowest BCUT2D eigenvalue weighted by atomic mass is 10.1. The van der Waals surface area contributed by atoms with E-state index in [1.807, 2.05) is 44.4 Å². The largest absolute Gasteiger partial charge is 0.492 e. The topological polar surface area (TPSA) is 48.9 Å². The predicted molar refractivity (Wildman–Crippen MR) is 124 cm³/mol. The number of nitrogens with one attached hydrogen (secondary N) is 2. The first kappa shape index (κ1) is 24.2. The van der Waals surface area contributed by atoms with Gasteiger partial charge in [0.25, 0.3) is 0 Å². The molecule has 2 aromatic carbocycles. The number of aliphatic imine (C=N–C) groups is 1. The van der Waals surface area contributed by atoms with Gasteiger partial charge in [-0.3, -0.25) is 4.99 Å². The highest BCUT2D eigenvalue weighted by molar-refractivity contribution is 14.0. The van der Waals surface area contributed by atoms with Crippen molar-refractivity contribution in [3.63, 3.8) is 0 Å². The molecule has 2 rings (SSSR count). The third-order valence-corrected chi connectivity index (χ3v) is 3.98. The van der Waals surface area contributed by atoms with E-state index >= 15 is 0 Å². The van der Waals surface area contributed by atoms with Crippen LogP contribution in [0.4, 0.5) is 4.39 Å². The van der Waals surface area contributed by atoms with Gasteiger partial charge in [0.2, 0.25) is 0 Å². The minimum Gasteiger partial charge on any atom is -0.492 e. The average molecular weight is 500 g/mol. The van der Waals surface area contributed by atoms with Crippen molar-refractivity contribution >= 4 is 29.9 Å². The van der Waals surface area contributed by atoms with Crippen molar-refractivity contribution < 1.29 is 9.13 Å². The van der Waals surface area contributed by atoms with Crippen molar-refractivity contribution in [2.75, 3.05) is 40.8 Å². The normalized spacial score (nSPS) is 11.1. The molecule has 0 fully saturated rings. The van der Waals surface area contributed by atoms with E-state index in [1.165, 1.54) is 6.07 Å². The fraction of sp³-hybridized carbons (Fsp3) is 0.381. The highest BCUT2D eigenvalue weighted by Crippen LogP contribution is 2.13. The van der Waals surface area contributed by atoms with E-state index in [9.17, 15) is 4.39 Å². The molecule has 0 atom stereocenters. The molecule has 0 radical (unpaired) electrons. The summed E-state index contributed by atoms with van der Waals surface area (Å²) in [5, 5.41) is 6.53. The van der Waals surface area contributed by atoms with Crippen molar-refractivity contribution in [3.05, 3.63) is 65.5 Å².